The highest BCUT2D eigenvalue weighted by molar-refractivity contribution is 14.1. The van der Waals surface area contributed by atoms with E-state index in [1.165, 1.54) is 32.1 Å². The van der Waals surface area contributed by atoms with Crippen LogP contribution in [0.2, 0.25) is 0 Å². The molecule has 90 valence electrons. The minimum absolute atomic E-state index is 0.113. The SMILES string of the molecule is CCCCCCC[C@@H]1OC[C@H](CI)OO1. The molecule has 3 nitrogen and oxygen atoms in total. The lowest BCUT2D eigenvalue weighted by Gasteiger charge is -2.27. The van der Waals surface area contributed by atoms with E-state index in [4.69, 9.17) is 14.5 Å². The Morgan fingerprint density at radius 2 is 1.93 bits per heavy atom. The first kappa shape index (κ1) is 13.7. The molecule has 0 aromatic rings. The number of halogens is 1. The maximum absolute atomic E-state index is 5.54. The molecule has 1 heterocycles. The Bertz CT molecular complexity index is 147. The number of alkyl halides is 1. The van der Waals surface area contributed by atoms with Gasteiger partial charge >= 0.3 is 0 Å². The zero-order valence-electron chi connectivity index (χ0n) is 9.41. The van der Waals surface area contributed by atoms with Gasteiger partial charge in [0.05, 0.1) is 6.61 Å². The van der Waals surface area contributed by atoms with Crippen LogP contribution >= 0.6 is 22.6 Å². The standard InChI is InChI=1S/C11H21IO3/c1-2-3-4-5-6-7-11-13-9-10(8-12)14-15-11/h10-11H,2-9H2,1H3/t10-,11+/m0/s1. The predicted molar refractivity (Wildman–Crippen MR) is 68.0 cm³/mol. The second-order valence-corrected chi connectivity index (χ2v) is 4.82. The molecule has 0 saturated carbocycles. The number of rotatable bonds is 7. The lowest BCUT2D eigenvalue weighted by molar-refractivity contribution is -0.437. The van der Waals surface area contributed by atoms with E-state index in [0.29, 0.717) is 6.61 Å². The highest BCUT2D eigenvalue weighted by atomic mass is 127. The number of unbranched alkanes of at least 4 members (excludes halogenated alkanes) is 4. The quantitative estimate of drug-likeness (QED) is 0.310. The summed E-state index contributed by atoms with van der Waals surface area (Å²) in [5.41, 5.74) is 0. The molecule has 1 rings (SSSR count). The van der Waals surface area contributed by atoms with Crippen molar-refractivity contribution in [1.82, 2.24) is 0 Å². The molecule has 0 amide bonds. The van der Waals surface area contributed by atoms with Gasteiger partial charge in [0, 0.05) is 10.8 Å². The molecule has 0 aromatic heterocycles. The fourth-order valence-corrected chi connectivity index (χ4v) is 1.93. The second-order valence-electron chi connectivity index (χ2n) is 3.93. The maximum Gasteiger partial charge on any atom is 0.191 e. The molecular formula is C11H21IO3. The van der Waals surface area contributed by atoms with Gasteiger partial charge in [-0.2, -0.15) is 0 Å². The Morgan fingerprint density at radius 3 is 2.53 bits per heavy atom. The van der Waals surface area contributed by atoms with Crippen LogP contribution in [-0.4, -0.2) is 23.4 Å². The fourth-order valence-electron chi connectivity index (χ4n) is 1.53. The lowest BCUT2D eigenvalue weighted by atomic mass is 10.1. The molecule has 0 bridgehead atoms. The lowest BCUT2D eigenvalue weighted by Crippen LogP contribution is -2.34. The van der Waals surface area contributed by atoms with Crippen LogP contribution in [0.3, 0.4) is 0 Å². The summed E-state index contributed by atoms with van der Waals surface area (Å²) in [7, 11) is 0. The Balaban J connectivity index is 1.94. The second kappa shape index (κ2) is 8.73. The van der Waals surface area contributed by atoms with Crippen LogP contribution in [-0.2, 0) is 14.5 Å². The Labute approximate surface area is 106 Å². The summed E-state index contributed by atoms with van der Waals surface area (Å²) in [5.74, 6) is 0. The van der Waals surface area contributed by atoms with Gasteiger partial charge in [0.1, 0.15) is 6.10 Å². The van der Waals surface area contributed by atoms with Crippen LogP contribution in [0.15, 0.2) is 0 Å². The van der Waals surface area contributed by atoms with Gasteiger partial charge in [-0.25, -0.2) is 9.78 Å². The third-order valence-corrected chi connectivity index (χ3v) is 3.46. The van der Waals surface area contributed by atoms with Gasteiger partial charge in [0.25, 0.3) is 0 Å². The summed E-state index contributed by atoms with van der Waals surface area (Å²) in [6.45, 7) is 2.90. The summed E-state index contributed by atoms with van der Waals surface area (Å²) in [6, 6.07) is 0. The van der Waals surface area contributed by atoms with E-state index in [9.17, 15) is 0 Å². The highest BCUT2D eigenvalue weighted by Crippen LogP contribution is 2.16. The van der Waals surface area contributed by atoms with Crippen molar-refractivity contribution in [2.24, 2.45) is 0 Å². The molecular weight excluding hydrogens is 307 g/mol. The third kappa shape index (κ3) is 6.04. The molecule has 0 radical (unpaired) electrons. The molecule has 1 aliphatic heterocycles. The van der Waals surface area contributed by atoms with Crippen molar-refractivity contribution in [3.05, 3.63) is 0 Å². The minimum atomic E-state index is -0.133. The van der Waals surface area contributed by atoms with Crippen LogP contribution in [0, 0.1) is 0 Å². The molecule has 4 heteroatoms. The smallest absolute Gasteiger partial charge is 0.191 e. The predicted octanol–water partition coefficient (Wildman–Crippen LogP) is 3.46. The van der Waals surface area contributed by atoms with Crippen molar-refractivity contribution in [3.8, 4) is 0 Å². The van der Waals surface area contributed by atoms with Crippen molar-refractivity contribution in [1.29, 1.82) is 0 Å². The van der Waals surface area contributed by atoms with Crippen molar-refractivity contribution in [2.45, 2.75) is 57.8 Å². The van der Waals surface area contributed by atoms with Gasteiger partial charge in [-0.15, -0.1) is 0 Å². The van der Waals surface area contributed by atoms with E-state index in [0.717, 1.165) is 10.8 Å². The first-order valence-corrected chi connectivity index (χ1v) is 7.39. The number of ether oxygens (including phenoxy) is 1. The van der Waals surface area contributed by atoms with Crippen molar-refractivity contribution >= 4 is 22.6 Å². The molecule has 1 saturated heterocycles. The van der Waals surface area contributed by atoms with Crippen LogP contribution < -0.4 is 0 Å². The van der Waals surface area contributed by atoms with Gasteiger partial charge in [-0.05, 0) is 6.42 Å². The first-order chi connectivity index (χ1) is 7.36. The largest absolute Gasteiger partial charge is 0.347 e. The average molecular weight is 328 g/mol. The molecule has 0 aromatic carbocycles. The van der Waals surface area contributed by atoms with Crippen LogP contribution in [0.5, 0.6) is 0 Å². The van der Waals surface area contributed by atoms with E-state index in [1.54, 1.807) is 0 Å². The average Bonchev–Trinajstić information content (AvgIpc) is 2.30. The van der Waals surface area contributed by atoms with E-state index < -0.39 is 0 Å². The monoisotopic (exact) mass is 328 g/mol. The molecule has 0 aliphatic carbocycles. The van der Waals surface area contributed by atoms with E-state index >= 15 is 0 Å². The Hall–Kier alpha value is 0.610. The van der Waals surface area contributed by atoms with E-state index in [1.807, 2.05) is 0 Å². The molecule has 0 spiro atoms. The molecule has 1 aliphatic rings. The van der Waals surface area contributed by atoms with Gasteiger partial charge in [0.15, 0.2) is 6.29 Å². The van der Waals surface area contributed by atoms with Gasteiger partial charge in [0.2, 0.25) is 0 Å². The zero-order valence-corrected chi connectivity index (χ0v) is 11.6. The molecule has 2 atom stereocenters. The molecule has 0 N–H and O–H groups in total. The molecule has 0 unspecified atom stereocenters. The number of hydrogen-bond acceptors (Lipinski definition) is 3. The third-order valence-electron chi connectivity index (χ3n) is 2.48. The van der Waals surface area contributed by atoms with Crippen molar-refractivity contribution in [2.75, 3.05) is 11.0 Å². The first-order valence-electron chi connectivity index (χ1n) is 5.86. The van der Waals surface area contributed by atoms with Crippen LogP contribution in [0.4, 0.5) is 0 Å². The molecule has 15 heavy (non-hydrogen) atoms. The van der Waals surface area contributed by atoms with E-state index in [2.05, 4.69) is 29.5 Å². The number of hydrogen-bond donors (Lipinski definition) is 0. The topological polar surface area (TPSA) is 27.7 Å². The Kier molecular flexibility index (Phi) is 7.96. The van der Waals surface area contributed by atoms with Crippen LogP contribution in [0.25, 0.3) is 0 Å². The Morgan fingerprint density at radius 1 is 1.13 bits per heavy atom. The maximum atomic E-state index is 5.54. The minimum Gasteiger partial charge on any atom is -0.347 e. The summed E-state index contributed by atoms with van der Waals surface area (Å²) in [6.07, 6.45) is 7.32. The zero-order chi connectivity index (χ0) is 10.9. The van der Waals surface area contributed by atoms with Gasteiger partial charge in [-0.3, -0.25) is 0 Å². The summed E-state index contributed by atoms with van der Waals surface area (Å²) < 4.78 is 6.45. The molecule has 1 fully saturated rings. The summed E-state index contributed by atoms with van der Waals surface area (Å²) >= 11 is 2.27. The fraction of sp³-hybridized carbons (Fsp3) is 1.00. The van der Waals surface area contributed by atoms with Crippen LogP contribution in [0.1, 0.15) is 45.4 Å². The normalized spacial score (nSPS) is 26.8. The van der Waals surface area contributed by atoms with Gasteiger partial charge < -0.3 is 4.74 Å². The summed E-state index contributed by atoms with van der Waals surface area (Å²) in [4.78, 5) is 10.3. The van der Waals surface area contributed by atoms with Gasteiger partial charge in [-0.1, -0.05) is 55.2 Å². The van der Waals surface area contributed by atoms with E-state index in [-0.39, 0.29) is 12.4 Å². The highest BCUT2D eigenvalue weighted by Gasteiger charge is 2.22. The van der Waals surface area contributed by atoms with Crippen molar-refractivity contribution < 1.29 is 14.5 Å². The van der Waals surface area contributed by atoms with Crippen molar-refractivity contribution in [3.63, 3.8) is 0 Å². The summed E-state index contributed by atoms with van der Waals surface area (Å²) in [5, 5.41) is 0.